The monoisotopic (exact) mass is 256 g/mol. The van der Waals surface area contributed by atoms with Gasteiger partial charge in [-0.1, -0.05) is 0 Å². The highest BCUT2D eigenvalue weighted by Gasteiger charge is 2.09. The highest BCUT2D eigenvalue weighted by Crippen LogP contribution is 2.14. The second-order valence-corrected chi connectivity index (χ2v) is 3.78. The van der Waals surface area contributed by atoms with Gasteiger partial charge in [0.15, 0.2) is 12.0 Å². The summed E-state index contributed by atoms with van der Waals surface area (Å²) in [5.41, 5.74) is 1.09. The Morgan fingerprint density at radius 3 is 3.00 bits per heavy atom. The third-order valence-corrected chi connectivity index (χ3v) is 2.52. The van der Waals surface area contributed by atoms with Crippen molar-refractivity contribution in [1.82, 2.24) is 15.0 Å². The first-order valence-electron chi connectivity index (χ1n) is 5.42. The smallest absolute Gasteiger partial charge is 0.346 e. The van der Waals surface area contributed by atoms with Gasteiger partial charge in [-0.2, -0.15) is 0 Å². The zero-order chi connectivity index (χ0) is 13.2. The van der Waals surface area contributed by atoms with Gasteiger partial charge in [0.05, 0.1) is 0 Å². The Morgan fingerprint density at radius 1 is 1.26 bits per heavy atom. The lowest BCUT2D eigenvalue weighted by Gasteiger charge is -2.03. The second-order valence-electron chi connectivity index (χ2n) is 3.78. The number of rotatable bonds is 2. The van der Waals surface area contributed by atoms with Crippen molar-refractivity contribution >= 4 is 22.8 Å². The number of hydrogen-bond acceptors (Lipinski definition) is 5. The number of carbonyl (C=O) groups excluding carboxylic acids is 1. The summed E-state index contributed by atoms with van der Waals surface area (Å²) >= 11 is 0. The van der Waals surface area contributed by atoms with Crippen LogP contribution in [0.25, 0.3) is 11.1 Å². The van der Waals surface area contributed by atoms with E-state index in [9.17, 15) is 9.59 Å². The first kappa shape index (κ1) is 11.1. The van der Waals surface area contributed by atoms with E-state index in [0.29, 0.717) is 16.7 Å². The maximum absolute atomic E-state index is 12.0. The van der Waals surface area contributed by atoms with Gasteiger partial charge in [-0.05, 0) is 24.3 Å². The number of aromatic amines is 1. The largest absolute Gasteiger partial charge is 0.443 e. The van der Waals surface area contributed by atoms with Gasteiger partial charge >= 0.3 is 5.69 Å². The van der Waals surface area contributed by atoms with Crippen LogP contribution in [0.5, 0.6) is 0 Å². The number of hydrogen-bond donors (Lipinski definition) is 2. The zero-order valence-electron chi connectivity index (χ0n) is 9.58. The maximum atomic E-state index is 12.0. The van der Waals surface area contributed by atoms with Crippen LogP contribution in [-0.2, 0) is 0 Å². The van der Waals surface area contributed by atoms with Crippen LogP contribution < -0.4 is 11.0 Å². The van der Waals surface area contributed by atoms with E-state index in [4.69, 9.17) is 4.42 Å². The van der Waals surface area contributed by atoms with Crippen LogP contribution in [0.1, 0.15) is 10.4 Å². The zero-order valence-corrected chi connectivity index (χ0v) is 9.58. The van der Waals surface area contributed by atoms with Crippen molar-refractivity contribution in [3.63, 3.8) is 0 Å². The lowest BCUT2D eigenvalue weighted by molar-refractivity contribution is 0.102. The fourth-order valence-electron chi connectivity index (χ4n) is 1.64. The fraction of sp³-hybridized carbons (Fsp3) is 0. The number of H-pyrrole nitrogens is 1. The standard InChI is InChI=1S/C12H8N4O3/c17-11(15-10-3-4-13-12(18)16-10)7-1-2-9-8(5-7)14-6-19-9/h1-6H,(H2,13,15,16,17,18). The molecule has 0 aliphatic carbocycles. The Bertz CT molecular complexity index is 806. The summed E-state index contributed by atoms with van der Waals surface area (Å²) < 4.78 is 5.09. The van der Waals surface area contributed by atoms with Crippen LogP contribution in [0, 0.1) is 0 Å². The summed E-state index contributed by atoms with van der Waals surface area (Å²) in [4.78, 5) is 32.8. The van der Waals surface area contributed by atoms with Crippen LogP contribution in [0.15, 0.2) is 46.1 Å². The number of nitrogens with one attached hydrogen (secondary N) is 2. The Hall–Kier alpha value is -2.96. The molecule has 3 aromatic rings. The second kappa shape index (κ2) is 4.37. The molecule has 7 heteroatoms. The van der Waals surface area contributed by atoms with Crippen molar-refractivity contribution < 1.29 is 9.21 Å². The van der Waals surface area contributed by atoms with Crippen molar-refractivity contribution in [2.45, 2.75) is 0 Å². The van der Waals surface area contributed by atoms with Gasteiger partial charge in [-0.25, -0.2) is 14.8 Å². The van der Waals surface area contributed by atoms with Gasteiger partial charge in [-0.15, -0.1) is 0 Å². The van der Waals surface area contributed by atoms with E-state index in [1.54, 1.807) is 18.2 Å². The summed E-state index contributed by atoms with van der Waals surface area (Å²) in [5.74, 6) is -0.0722. The van der Waals surface area contributed by atoms with E-state index < -0.39 is 5.69 Å². The molecular weight excluding hydrogens is 248 g/mol. The average Bonchev–Trinajstić information content (AvgIpc) is 2.85. The third kappa shape index (κ3) is 2.21. The Balaban J connectivity index is 1.89. The molecule has 0 atom stereocenters. The highest BCUT2D eigenvalue weighted by molar-refractivity contribution is 6.05. The van der Waals surface area contributed by atoms with E-state index in [-0.39, 0.29) is 11.7 Å². The molecule has 0 aliphatic rings. The van der Waals surface area contributed by atoms with Crippen LogP contribution in [0.2, 0.25) is 0 Å². The first-order chi connectivity index (χ1) is 9.22. The molecule has 0 spiro atoms. The Morgan fingerprint density at radius 2 is 2.16 bits per heavy atom. The average molecular weight is 256 g/mol. The summed E-state index contributed by atoms with van der Waals surface area (Å²) in [6.07, 6.45) is 2.63. The quantitative estimate of drug-likeness (QED) is 0.716. The number of oxazole rings is 1. The van der Waals surface area contributed by atoms with E-state index in [0.717, 1.165) is 0 Å². The molecule has 0 saturated heterocycles. The molecule has 2 heterocycles. The Labute approximate surface area is 106 Å². The number of carbonyl (C=O) groups is 1. The van der Waals surface area contributed by atoms with Gasteiger partial charge in [-0.3, -0.25) is 9.78 Å². The maximum Gasteiger partial charge on any atom is 0.346 e. The molecule has 0 bridgehead atoms. The summed E-state index contributed by atoms with van der Waals surface area (Å²) in [6, 6.07) is 6.37. The van der Waals surface area contributed by atoms with Crippen LogP contribution in [-0.4, -0.2) is 20.9 Å². The predicted molar refractivity (Wildman–Crippen MR) is 66.8 cm³/mol. The number of aromatic nitrogens is 3. The molecule has 0 saturated carbocycles. The minimum Gasteiger partial charge on any atom is -0.443 e. The van der Waals surface area contributed by atoms with E-state index in [1.807, 2.05) is 0 Å². The minimum atomic E-state index is -0.523. The molecule has 3 rings (SSSR count). The molecule has 0 radical (unpaired) electrons. The van der Waals surface area contributed by atoms with Gasteiger partial charge in [0.1, 0.15) is 11.3 Å². The Kier molecular flexibility index (Phi) is 2.57. The third-order valence-electron chi connectivity index (χ3n) is 2.52. The molecule has 1 amide bonds. The summed E-state index contributed by atoms with van der Waals surface area (Å²) in [6.45, 7) is 0. The minimum absolute atomic E-state index is 0.283. The molecular formula is C12H8N4O3. The molecule has 0 fully saturated rings. The number of anilines is 1. The van der Waals surface area contributed by atoms with E-state index in [1.165, 1.54) is 18.7 Å². The number of amides is 1. The van der Waals surface area contributed by atoms with Gasteiger partial charge in [0.25, 0.3) is 5.91 Å². The van der Waals surface area contributed by atoms with Crippen molar-refractivity contribution in [3.8, 4) is 0 Å². The lowest BCUT2D eigenvalue weighted by Crippen LogP contribution is -2.17. The molecule has 0 aliphatic heterocycles. The molecule has 2 N–H and O–H groups in total. The summed E-state index contributed by atoms with van der Waals surface area (Å²) in [7, 11) is 0. The first-order valence-corrected chi connectivity index (χ1v) is 5.42. The van der Waals surface area contributed by atoms with Crippen molar-refractivity contribution in [1.29, 1.82) is 0 Å². The molecule has 19 heavy (non-hydrogen) atoms. The number of fused-ring (bicyclic) bond motifs is 1. The van der Waals surface area contributed by atoms with Crippen molar-refractivity contribution in [2.24, 2.45) is 0 Å². The van der Waals surface area contributed by atoms with Gasteiger partial charge < -0.3 is 9.73 Å². The topological polar surface area (TPSA) is 101 Å². The predicted octanol–water partition coefficient (Wildman–Crippen LogP) is 1.16. The fourth-order valence-corrected chi connectivity index (χ4v) is 1.64. The van der Waals surface area contributed by atoms with E-state index >= 15 is 0 Å². The van der Waals surface area contributed by atoms with Gasteiger partial charge in [0, 0.05) is 11.8 Å². The van der Waals surface area contributed by atoms with Crippen molar-refractivity contribution in [3.05, 3.63) is 52.9 Å². The van der Waals surface area contributed by atoms with Crippen LogP contribution in [0.4, 0.5) is 5.82 Å². The SMILES string of the molecule is O=C(Nc1ccnc(=O)[nH]1)c1ccc2ocnc2c1. The van der Waals surface area contributed by atoms with Gasteiger partial charge in [0.2, 0.25) is 0 Å². The van der Waals surface area contributed by atoms with Crippen LogP contribution in [0.3, 0.4) is 0 Å². The van der Waals surface area contributed by atoms with Crippen LogP contribution >= 0.6 is 0 Å². The molecule has 2 aromatic heterocycles. The molecule has 0 unspecified atom stereocenters. The number of nitrogens with zero attached hydrogens (tertiary/aromatic N) is 2. The lowest BCUT2D eigenvalue weighted by atomic mass is 10.2. The van der Waals surface area contributed by atoms with E-state index in [2.05, 4.69) is 20.3 Å². The molecule has 7 nitrogen and oxygen atoms in total. The number of benzene rings is 1. The molecule has 94 valence electrons. The highest BCUT2D eigenvalue weighted by atomic mass is 16.3. The summed E-state index contributed by atoms with van der Waals surface area (Å²) in [5, 5.41) is 2.56. The normalized spacial score (nSPS) is 10.5. The van der Waals surface area contributed by atoms with Crippen molar-refractivity contribution in [2.75, 3.05) is 5.32 Å². The molecule has 1 aromatic carbocycles.